The second kappa shape index (κ2) is 4.85. The maximum absolute atomic E-state index is 10.6. The van der Waals surface area contributed by atoms with Gasteiger partial charge in [-0.25, -0.2) is 0 Å². The van der Waals surface area contributed by atoms with Gasteiger partial charge in [-0.2, -0.15) is 0 Å². The lowest BCUT2D eigenvalue weighted by molar-refractivity contribution is 0.0550. The molecule has 3 N–H and O–H groups in total. The summed E-state index contributed by atoms with van der Waals surface area (Å²) in [5.74, 6) is -1.07. The van der Waals surface area contributed by atoms with Crippen molar-refractivity contribution in [2.45, 2.75) is 19.2 Å². The van der Waals surface area contributed by atoms with E-state index in [1.165, 1.54) is 0 Å². The van der Waals surface area contributed by atoms with Gasteiger partial charge < -0.3 is 19.6 Å². The summed E-state index contributed by atoms with van der Waals surface area (Å²) in [6, 6.07) is 0. The molecule has 0 aliphatic carbocycles. The average Bonchev–Trinajstić information content (AvgIpc) is 1.87. The Kier molecular flexibility index (Phi) is 4.88. The molecular formula is C5H13O5P. The highest BCUT2D eigenvalue weighted by Gasteiger charge is 2.27. The van der Waals surface area contributed by atoms with Crippen LogP contribution in [-0.4, -0.2) is 34.0 Å². The molecule has 0 aliphatic heterocycles. The normalized spacial score (nSPS) is 14.9. The second-order valence-corrected chi connectivity index (χ2v) is 3.80. The Hall–Kier alpha value is 0.0700. The van der Waals surface area contributed by atoms with Crippen molar-refractivity contribution in [2.75, 3.05) is 13.2 Å². The summed E-state index contributed by atoms with van der Waals surface area (Å²) in [5.41, 5.74) is 0. The van der Waals surface area contributed by atoms with Gasteiger partial charge in [0.1, 0.15) is 0 Å². The third kappa shape index (κ3) is 4.50. The van der Waals surface area contributed by atoms with Crippen molar-refractivity contribution in [3.63, 3.8) is 0 Å². The van der Waals surface area contributed by atoms with E-state index in [1.54, 1.807) is 6.92 Å². The monoisotopic (exact) mass is 184 g/mol. The first kappa shape index (κ1) is 11.1. The minimum Gasteiger partial charge on any atom is -0.394 e. The summed E-state index contributed by atoms with van der Waals surface area (Å²) < 4.78 is 15.2. The summed E-state index contributed by atoms with van der Waals surface area (Å²) in [7, 11) is -4.14. The maximum atomic E-state index is 10.6. The zero-order valence-corrected chi connectivity index (χ0v) is 7.20. The molecule has 0 spiro atoms. The fourth-order valence-corrected chi connectivity index (χ4v) is 1.42. The molecule has 0 aliphatic rings. The van der Waals surface area contributed by atoms with Crippen molar-refractivity contribution in [2.24, 2.45) is 0 Å². The van der Waals surface area contributed by atoms with Crippen LogP contribution < -0.4 is 0 Å². The van der Waals surface area contributed by atoms with E-state index < -0.39 is 13.4 Å². The number of aliphatic hydroxyl groups is 1. The highest BCUT2D eigenvalue weighted by atomic mass is 31.2. The van der Waals surface area contributed by atoms with Gasteiger partial charge in [-0.1, -0.05) is 6.92 Å². The van der Waals surface area contributed by atoms with Crippen LogP contribution in [0.15, 0.2) is 0 Å². The fourth-order valence-electron chi connectivity index (χ4n) is 0.642. The fraction of sp³-hybridized carbons (Fsp3) is 1.00. The molecule has 0 amide bonds. The summed E-state index contributed by atoms with van der Waals surface area (Å²) in [6.07, 6.45) is 0.240. The van der Waals surface area contributed by atoms with Crippen molar-refractivity contribution in [1.82, 2.24) is 0 Å². The molecule has 0 aromatic carbocycles. The number of ether oxygens (including phenoxy) is 1. The molecule has 11 heavy (non-hydrogen) atoms. The lowest BCUT2D eigenvalue weighted by atomic mass is 10.5. The van der Waals surface area contributed by atoms with Crippen LogP contribution in [0, 0.1) is 0 Å². The Morgan fingerprint density at radius 1 is 1.55 bits per heavy atom. The van der Waals surface area contributed by atoms with Crippen molar-refractivity contribution < 1.29 is 24.2 Å². The Morgan fingerprint density at radius 3 is 2.36 bits per heavy atom. The Balaban J connectivity index is 3.86. The molecule has 0 radical (unpaired) electrons. The molecule has 1 unspecified atom stereocenters. The van der Waals surface area contributed by atoms with Gasteiger partial charge in [0.2, 0.25) is 0 Å². The third-order valence-corrected chi connectivity index (χ3v) is 2.39. The number of aliphatic hydroxyl groups excluding tert-OH is 1. The van der Waals surface area contributed by atoms with Crippen molar-refractivity contribution in [1.29, 1.82) is 0 Å². The van der Waals surface area contributed by atoms with E-state index in [2.05, 4.69) is 0 Å². The Morgan fingerprint density at radius 2 is 2.09 bits per heavy atom. The third-order valence-electron chi connectivity index (χ3n) is 1.13. The molecule has 0 saturated carbocycles. The first-order valence-electron chi connectivity index (χ1n) is 3.30. The van der Waals surface area contributed by atoms with Crippen molar-refractivity contribution in [3.8, 4) is 0 Å². The van der Waals surface area contributed by atoms with E-state index in [9.17, 15) is 4.57 Å². The predicted octanol–water partition coefficient (Wildman–Crippen LogP) is -0.0909. The van der Waals surface area contributed by atoms with Gasteiger partial charge >= 0.3 is 7.60 Å². The lowest BCUT2D eigenvalue weighted by Crippen LogP contribution is -2.14. The Labute approximate surface area is 65.2 Å². The number of hydrogen-bond acceptors (Lipinski definition) is 3. The average molecular weight is 184 g/mol. The van der Waals surface area contributed by atoms with Crippen molar-refractivity contribution >= 4 is 7.60 Å². The molecule has 5 nitrogen and oxygen atoms in total. The summed E-state index contributed by atoms with van der Waals surface area (Å²) in [4.78, 5) is 17.2. The first-order chi connectivity index (χ1) is 5.02. The van der Waals surface area contributed by atoms with Crippen LogP contribution in [0.5, 0.6) is 0 Å². The Bertz CT molecular complexity index is 142. The molecule has 0 heterocycles. The van der Waals surface area contributed by atoms with Gasteiger partial charge in [-0.15, -0.1) is 0 Å². The smallest absolute Gasteiger partial charge is 0.354 e. The highest BCUT2D eigenvalue weighted by molar-refractivity contribution is 7.52. The summed E-state index contributed by atoms with van der Waals surface area (Å²) in [5, 5.41) is 8.30. The molecular weight excluding hydrogens is 171 g/mol. The SMILES string of the molecule is CCC(OCCO)P(=O)(O)O. The maximum Gasteiger partial charge on any atom is 0.354 e. The van der Waals surface area contributed by atoms with Crippen LogP contribution >= 0.6 is 7.60 Å². The predicted molar refractivity (Wildman–Crippen MR) is 39.2 cm³/mol. The topological polar surface area (TPSA) is 87.0 Å². The van der Waals surface area contributed by atoms with E-state index in [4.69, 9.17) is 19.6 Å². The van der Waals surface area contributed by atoms with Crippen LogP contribution in [-0.2, 0) is 9.30 Å². The van der Waals surface area contributed by atoms with Crippen LogP contribution in [0.4, 0.5) is 0 Å². The minimum atomic E-state index is -4.14. The van der Waals surface area contributed by atoms with Gasteiger partial charge in [0.15, 0.2) is 5.85 Å². The van der Waals surface area contributed by atoms with Crippen LogP contribution in [0.3, 0.4) is 0 Å². The molecule has 0 fully saturated rings. The van der Waals surface area contributed by atoms with Crippen LogP contribution in [0.25, 0.3) is 0 Å². The van der Waals surface area contributed by atoms with Crippen LogP contribution in [0.1, 0.15) is 13.3 Å². The molecule has 0 rings (SSSR count). The van der Waals surface area contributed by atoms with Crippen LogP contribution in [0.2, 0.25) is 0 Å². The quantitative estimate of drug-likeness (QED) is 0.520. The zero-order chi connectivity index (χ0) is 8.91. The van der Waals surface area contributed by atoms with Gasteiger partial charge in [-0.05, 0) is 6.42 Å². The minimum absolute atomic E-state index is 0.0381. The van der Waals surface area contributed by atoms with Gasteiger partial charge in [0.25, 0.3) is 0 Å². The molecule has 0 bridgehead atoms. The largest absolute Gasteiger partial charge is 0.394 e. The molecule has 0 saturated heterocycles. The highest BCUT2D eigenvalue weighted by Crippen LogP contribution is 2.43. The van der Waals surface area contributed by atoms with E-state index >= 15 is 0 Å². The molecule has 1 atom stereocenters. The van der Waals surface area contributed by atoms with Gasteiger partial charge in [0.05, 0.1) is 13.2 Å². The van der Waals surface area contributed by atoms with Gasteiger partial charge in [0, 0.05) is 0 Å². The summed E-state index contributed by atoms with van der Waals surface area (Å²) >= 11 is 0. The lowest BCUT2D eigenvalue weighted by Gasteiger charge is -2.16. The molecule has 68 valence electrons. The summed E-state index contributed by atoms with van der Waals surface area (Å²) in [6.45, 7) is 1.35. The second-order valence-electron chi connectivity index (χ2n) is 2.05. The zero-order valence-electron chi connectivity index (χ0n) is 6.30. The molecule has 0 aromatic rings. The molecule has 0 aromatic heterocycles. The van der Waals surface area contributed by atoms with Gasteiger partial charge in [-0.3, -0.25) is 4.57 Å². The van der Waals surface area contributed by atoms with E-state index in [-0.39, 0.29) is 19.6 Å². The van der Waals surface area contributed by atoms with E-state index in [0.717, 1.165) is 0 Å². The first-order valence-corrected chi connectivity index (χ1v) is 4.98. The number of hydrogen-bond donors (Lipinski definition) is 3. The van der Waals surface area contributed by atoms with E-state index in [0.29, 0.717) is 0 Å². The standard InChI is InChI=1S/C5H13O5P/c1-2-5(10-4-3-6)11(7,8)9/h5-6H,2-4H2,1H3,(H2,7,8,9). The van der Waals surface area contributed by atoms with Crippen molar-refractivity contribution in [3.05, 3.63) is 0 Å². The number of rotatable bonds is 5. The molecule has 6 heteroatoms. The van der Waals surface area contributed by atoms with E-state index in [1.807, 2.05) is 0 Å².